The lowest BCUT2D eigenvalue weighted by atomic mass is 10.2. The van der Waals surface area contributed by atoms with E-state index in [1.807, 2.05) is 13.8 Å². The fourth-order valence-corrected chi connectivity index (χ4v) is 2.65. The summed E-state index contributed by atoms with van der Waals surface area (Å²) in [6, 6.07) is 6.26. The molecule has 1 aliphatic rings. The van der Waals surface area contributed by atoms with E-state index in [0.29, 0.717) is 23.7 Å². The van der Waals surface area contributed by atoms with Gasteiger partial charge in [0.1, 0.15) is 6.54 Å². The summed E-state index contributed by atoms with van der Waals surface area (Å²) in [5.41, 5.74) is 0.379. The van der Waals surface area contributed by atoms with Gasteiger partial charge in [-0.1, -0.05) is 11.6 Å². The number of rotatable bonds is 5. The molecule has 1 saturated heterocycles. The van der Waals surface area contributed by atoms with Crippen molar-refractivity contribution >= 4 is 29.4 Å². The Kier molecular flexibility index (Phi) is 6.78. The van der Waals surface area contributed by atoms with Gasteiger partial charge in [0.25, 0.3) is 11.8 Å². The lowest BCUT2D eigenvalue weighted by Gasteiger charge is -2.35. The Bertz CT molecular complexity index is 624. The maximum Gasteiger partial charge on any atom is 0.325 e. The van der Waals surface area contributed by atoms with Gasteiger partial charge in [0, 0.05) is 23.7 Å². The van der Waals surface area contributed by atoms with Crippen LogP contribution in [-0.2, 0) is 19.1 Å². The number of esters is 1. The van der Waals surface area contributed by atoms with Gasteiger partial charge < -0.3 is 19.7 Å². The van der Waals surface area contributed by atoms with E-state index in [1.54, 1.807) is 29.2 Å². The molecule has 8 heteroatoms. The van der Waals surface area contributed by atoms with E-state index in [-0.39, 0.29) is 31.3 Å². The highest BCUT2D eigenvalue weighted by Gasteiger charge is 2.26. The predicted octanol–water partition coefficient (Wildman–Crippen LogP) is 1.25. The number of hydrogen-bond acceptors (Lipinski definition) is 5. The molecule has 7 nitrogen and oxygen atoms in total. The number of hydrogen-bond donors (Lipinski definition) is 1. The van der Waals surface area contributed by atoms with Crippen molar-refractivity contribution in [1.82, 2.24) is 10.2 Å². The first kappa shape index (κ1) is 19.2. The minimum Gasteiger partial charge on any atom is -0.454 e. The van der Waals surface area contributed by atoms with Gasteiger partial charge >= 0.3 is 5.97 Å². The Morgan fingerprint density at radius 2 is 1.80 bits per heavy atom. The first-order valence-electron chi connectivity index (χ1n) is 7.97. The summed E-state index contributed by atoms with van der Waals surface area (Å²) in [4.78, 5) is 37.3. The van der Waals surface area contributed by atoms with Crippen LogP contribution in [0.15, 0.2) is 24.3 Å². The zero-order valence-electron chi connectivity index (χ0n) is 14.2. The average Bonchev–Trinajstić information content (AvgIpc) is 2.57. The average molecular weight is 369 g/mol. The third-order valence-electron chi connectivity index (χ3n) is 3.63. The highest BCUT2D eigenvalue weighted by atomic mass is 35.5. The summed E-state index contributed by atoms with van der Waals surface area (Å²) in [6.45, 7) is 4.03. The Balaban J connectivity index is 1.72. The first-order valence-corrected chi connectivity index (χ1v) is 8.35. The van der Waals surface area contributed by atoms with Crippen LogP contribution in [0.2, 0.25) is 5.02 Å². The zero-order chi connectivity index (χ0) is 18.4. The van der Waals surface area contributed by atoms with Crippen molar-refractivity contribution in [3.8, 4) is 0 Å². The zero-order valence-corrected chi connectivity index (χ0v) is 14.9. The van der Waals surface area contributed by atoms with Crippen molar-refractivity contribution in [2.24, 2.45) is 0 Å². The molecule has 25 heavy (non-hydrogen) atoms. The van der Waals surface area contributed by atoms with Gasteiger partial charge in [-0.2, -0.15) is 0 Å². The number of carbonyl (C=O) groups excluding carboxylic acids is 3. The van der Waals surface area contributed by atoms with Crippen molar-refractivity contribution < 1.29 is 23.9 Å². The molecular weight excluding hydrogens is 348 g/mol. The maximum atomic E-state index is 12.1. The van der Waals surface area contributed by atoms with E-state index in [4.69, 9.17) is 21.1 Å². The van der Waals surface area contributed by atoms with Crippen LogP contribution in [0.3, 0.4) is 0 Å². The highest BCUT2D eigenvalue weighted by molar-refractivity contribution is 6.30. The van der Waals surface area contributed by atoms with E-state index in [1.165, 1.54) is 0 Å². The van der Waals surface area contributed by atoms with Crippen molar-refractivity contribution in [1.29, 1.82) is 0 Å². The van der Waals surface area contributed by atoms with E-state index in [0.717, 1.165) is 0 Å². The summed E-state index contributed by atoms with van der Waals surface area (Å²) in [5, 5.41) is 2.95. The largest absolute Gasteiger partial charge is 0.454 e. The summed E-state index contributed by atoms with van der Waals surface area (Å²) in [5.74, 6) is -1.37. The molecule has 1 N–H and O–H groups in total. The maximum absolute atomic E-state index is 12.1. The number of ether oxygens (including phenoxy) is 2. The quantitative estimate of drug-likeness (QED) is 0.791. The van der Waals surface area contributed by atoms with Crippen LogP contribution in [-0.4, -0.2) is 61.1 Å². The van der Waals surface area contributed by atoms with E-state index < -0.39 is 11.9 Å². The smallest absolute Gasteiger partial charge is 0.325 e. The van der Waals surface area contributed by atoms with Crippen molar-refractivity contribution in [3.05, 3.63) is 34.9 Å². The predicted molar refractivity (Wildman–Crippen MR) is 91.3 cm³/mol. The van der Waals surface area contributed by atoms with Crippen molar-refractivity contribution in [2.45, 2.75) is 26.1 Å². The number of carbonyl (C=O) groups is 3. The standard InChI is InChI=1S/C17H21ClN2O5/c1-11-8-20(9-12(2)25-11)15(21)10-24-16(22)7-19-17(23)13-3-5-14(18)6-4-13/h3-6,11-12H,7-10H2,1-2H3,(H,19,23)/t11-,12-/m0/s1. The second kappa shape index (κ2) is 8.82. The Hall–Kier alpha value is -2.12. The lowest BCUT2D eigenvalue weighted by Crippen LogP contribution is -2.49. The molecule has 1 aromatic rings. The second-order valence-corrected chi connectivity index (χ2v) is 6.34. The highest BCUT2D eigenvalue weighted by Crippen LogP contribution is 2.11. The van der Waals surface area contributed by atoms with E-state index in [2.05, 4.69) is 5.32 Å². The number of benzene rings is 1. The molecule has 1 aliphatic heterocycles. The van der Waals surface area contributed by atoms with Gasteiger partial charge in [-0.15, -0.1) is 0 Å². The van der Waals surface area contributed by atoms with Crippen LogP contribution in [0, 0.1) is 0 Å². The SMILES string of the molecule is C[C@H]1CN(C(=O)COC(=O)CNC(=O)c2ccc(Cl)cc2)C[C@H](C)O1. The molecule has 0 radical (unpaired) electrons. The molecule has 136 valence electrons. The summed E-state index contributed by atoms with van der Waals surface area (Å²) < 4.78 is 10.5. The van der Waals surface area contributed by atoms with Crippen molar-refractivity contribution in [3.63, 3.8) is 0 Å². The van der Waals surface area contributed by atoms with Crippen LogP contribution in [0.25, 0.3) is 0 Å². The van der Waals surface area contributed by atoms with Crippen LogP contribution < -0.4 is 5.32 Å². The van der Waals surface area contributed by atoms with Gasteiger partial charge in [0.2, 0.25) is 0 Å². The molecule has 2 rings (SSSR count). The number of nitrogens with zero attached hydrogens (tertiary/aromatic N) is 1. The molecule has 1 aromatic carbocycles. The fraction of sp³-hybridized carbons (Fsp3) is 0.471. The fourth-order valence-electron chi connectivity index (χ4n) is 2.52. The van der Waals surface area contributed by atoms with Gasteiger partial charge in [-0.3, -0.25) is 14.4 Å². The van der Waals surface area contributed by atoms with E-state index in [9.17, 15) is 14.4 Å². The van der Waals surface area contributed by atoms with E-state index >= 15 is 0 Å². The van der Waals surface area contributed by atoms with Crippen LogP contribution in [0.1, 0.15) is 24.2 Å². The van der Waals surface area contributed by atoms with Crippen LogP contribution in [0.5, 0.6) is 0 Å². The van der Waals surface area contributed by atoms with Gasteiger partial charge in [0.05, 0.1) is 12.2 Å². The third kappa shape index (κ3) is 6.03. The monoisotopic (exact) mass is 368 g/mol. The molecule has 2 amide bonds. The number of morpholine rings is 1. The molecule has 1 heterocycles. The Morgan fingerprint density at radius 3 is 2.40 bits per heavy atom. The molecule has 0 bridgehead atoms. The lowest BCUT2D eigenvalue weighted by molar-refractivity contribution is -0.156. The topological polar surface area (TPSA) is 84.9 Å². The normalized spacial score (nSPS) is 20.0. The molecule has 0 aromatic heterocycles. The molecule has 2 atom stereocenters. The summed E-state index contributed by atoms with van der Waals surface area (Å²) in [6.07, 6.45) is -0.107. The first-order chi connectivity index (χ1) is 11.8. The minimum atomic E-state index is -0.676. The molecular formula is C17H21ClN2O5. The third-order valence-corrected chi connectivity index (χ3v) is 3.88. The number of halogens is 1. The Morgan fingerprint density at radius 1 is 1.20 bits per heavy atom. The van der Waals surface area contributed by atoms with Crippen molar-refractivity contribution in [2.75, 3.05) is 26.2 Å². The molecule has 0 unspecified atom stereocenters. The van der Waals surface area contributed by atoms with Crippen LogP contribution >= 0.6 is 11.6 Å². The number of amides is 2. The van der Waals surface area contributed by atoms with Gasteiger partial charge in [-0.25, -0.2) is 0 Å². The van der Waals surface area contributed by atoms with Gasteiger partial charge in [-0.05, 0) is 38.1 Å². The van der Waals surface area contributed by atoms with Gasteiger partial charge in [0.15, 0.2) is 6.61 Å². The molecule has 0 spiro atoms. The Labute approximate surface area is 151 Å². The molecule has 0 aliphatic carbocycles. The molecule has 1 fully saturated rings. The second-order valence-electron chi connectivity index (χ2n) is 5.91. The molecule has 0 saturated carbocycles. The van der Waals surface area contributed by atoms with Crippen LogP contribution in [0.4, 0.5) is 0 Å². The number of nitrogens with one attached hydrogen (secondary N) is 1. The summed E-state index contributed by atoms with van der Waals surface area (Å²) in [7, 11) is 0. The summed E-state index contributed by atoms with van der Waals surface area (Å²) >= 11 is 5.75. The minimum absolute atomic E-state index is 0.0536.